The van der Waals surface area contributed by atoms with Crippen molar-refractivity contribution in [1.29, 1.82) is 0 Å². The van der Waals surface area contributed by atoms with Gasteiger partial charge < -0.3 is 9.63 Å². The van der Waals surface area contributed by atoms with Crippen molar-refractivity contribution in [2.75, 3.05) is 0 Å². The normalized spacial score (nSPS) is 10.6. The van der Waals surface area contributed by atoms with Gasteiger partial charge in [-0.3, -0.25) is 0 Å². The lowest BCUT2D eigenvalue weighted by molar-refractivity contribution is 0.334. The predicted molar refractivity (Wildman–Crippen MR) is 33.7 cm³/mol. The molecule has 0 aliphatic rings. The van der Waals surface area contributed by atoms with E-state index in [0.29, 0.717) is 5.92 Å². The molecule has 9 heavy (non-hydrogen) atoms. The Kier molecular flexibility index (Phi) is 1.42. The fraction of sp³-hybridized carbons (Fsp3) is 0.500. The van der Waals surface area contributed by atoms with Gasteiger partial charge in [0, 0.05) is 11.1 Å². The predicted octanol–water partition coefficient (Wildman–Crippen LogP) is 1.24. The zero-order valence-electron chi connectivity index (χ0n) is 5.51. The summed E-state index contributed by atoms with van der Waals surface area (Å²) in [7, 11) is 0. The van der Waals surface area contributed by atoms with Gasteiger partial charge >= 0.3 is 5.88 Å². The summed E-state index contributed by atoms with van der Waals surface area (Å²) in [4.78, 5) is 0. The van der Waals surface area contributed by atoms with E-state index >= 15 is 0 Å². The van der Waals surface area contributed by atoms with Crippen molar-refractivity contribution in [3.63, 3.8) is 0 Å². The van der Waals surface area contributed by atoms with Crippen LogP contribution in [0.2, 0.25) is 0 Å². The van der Waals surface area contributed by atoms with Crippen LogP contribution in [0, 0.1) is 0 Å². The fourth-order valence-electron chi connectivity index (χ4n) is 0.561. The van der Waals surface area contributed by atoms with Crippen LogP contribution < -0.4 is 0 Å². The van der Waals surface area contributed by atoms with Gasteiger partial charge in [0.25, 0.3) is 0 Å². The van der Waals surface area contributed by atoms with E-state index in [4.69, 9.17) is 9.63 Å². The van der Waals surface area contributed by atoms with E-state index in [1.165, 1.54) is 0 Å². The monoisotopic (exact) mass is 128 g/mol. The molecule has 0 aromatic carbocycles. The van der Waals surface area contributed by atoms with E-state index in [0.717, 1.165) is 5.76 Å². The van der Waals surface area contributed by atoms with Crippen molar-refractivity contribution in [1.82, 2.24) is 5.16 Å². The first-order valence-corrected chi connectivity index (χ1v) is 2.88. The highest BCUT2D eigenvalue weighted by atomic mass is 16.5. The van der Waals surface area contributed by atoms with Gasteiger partial charge in [-0.05, 0) is 0 Å². The van der Waals surface area contributed by atoms with Crippen LogP contribution in [-0.2, 0) is 0 Å². The van der Waals surface area contributed by atoms with Crippen LogP contribution in [0.5, 0.6) is 5.88 Å². The second-order valence-corrected chi connectivity index (χ2v) is 2.27. The lowest BCUT2D eigenvalue weighted by atomic mass is 10.2. The van der Waals surface area contributed by atoms with E-state index in [1.54, 1.807) is 6.07 Å². The summed E-state index contributed by atoms with van der Waals surface area (Å²) < 4.78 is 4.79. The molecular formula is C6H10NO2+. The maximum Gasteiger partial charge on any atom is 0.393 e. The van der Waals surface area contributed by atoms with Crippen LogP contribution >= 0.6 is 0 Å². The number of aromatic nitrogens is 1. The SMILES string of the molecule is CC(C)c1cc([OH2+])no1. The minimum Gasteiger partial charge on any atom is -0.577 e. The highest BCUT2D eigenvalue weighted by molar-refractivity contribution is 5.11. The molecule has 0 atom stereocenters. The van der Waals surface area contributed by atoms with Crippen LogP contribution in [-0.4, -0.2) is 10.3 Å². The summed E-state index contributed by atoms with van der Waals surface area (Å²) in [5, 5.41) is 10.4. The Morgan fingerprint density at radius 2 is 2.33 bits per heavy atom. The van der Waals surface area contributed by atoms with Crippen LogP contribution in [0.3, 0.4) is 0 Å². The van der Waals surface area contributed by atoms with Crippen molar-refractivity contribution in [3.8, 4) is 5.88 Å². The minimum absolute atomic E-state index is 0.207. The van der Waals surface area contributed by atoms with Gasteiger partial charge in [0.05, 0.1) is 0 Å². The van der Waals surface area contributed by atoms with E-state index in [9.17, 15) is 0 Å². The van der Waals surface area contributed by atoms with E-state index in [2.05, 4.69) is 5.16 Å². The van der Waals surface area contributed by atoms with Crippen LogP contribution in [0.1, 0.15) is 25.5 Å². The quantitative estimate of drug-likeness (QED) is 0.534. The Labute approximate surface area is 53.3 Å². The molecule has 1 heterocycles. The maximum absolute atomic E-state index is 7.00. The third kappa shape index (κ3) is 1.22. The Morgan fingerprint density at radius 1 is 1.67 bits per heavy atom. The van der Waals surface area contributed by atoms with Crippen LogP contribution in [0.15, 0.2) is 10.6 Å². The summed E-state index contributed by atoms with van der Waals surface area (Å²) in [6.45, 7) is 4.00. The molecule has 0 saturated heterocycles. The topological polar surface area (TPSA) is 48.9 Å². The van der Waals surface area contributed by atoms with Gasteiger partial charge in [0.15, 0.2) is 0 Å². The lowest BCUT2D eigenvalue weighted by Crippen LogP contribution is -1.79. The lowest BCUT2D eigenvalue weighted by Gasteiger charge is -1.91. The first kappa shape index (κ1) is 6.13. The number of hydrogen-bond acceptors (Lipinski definition) is 2. The van der Waals surface area contributed by atoms with E-state index < -0.39 is 0 Å². The van der Waals surface area contributed by atoms with Crippen molar-refractivity contribution in [3.05, 3.63) is 11.8 Å². The molecule has 0 radical (unpaired) electrons. The van der Waals surface area contributed by atoms with Crippen molar-refractivity contribution in [2.24, 2.45) is 0 Å². The average molecular weight is 128 g/mol. The van der Waals surface area contributed by atoms with E-state index in [1.807, 2.05) is 13.8 Å². The molecule has 1 aromatic rings. The van der Waals surface area contributed by atoms with Crippen molar-refractivity contribution >= 4 is 0 Å². The van der Waals surface area contributed by atoms with Gasteiger partial charge in [-0.15, -0.1) is 0 Å². The summed E-state index contributed by atoms with van der Waals surface area (Å²) in [6, 6.07) is 1.63. The minimum atomic E-state index is 0.207. The molecule has 0 fully saturated rings. The van der Waals surface area contributed by atoms with Gasteiger partial charge in [0.1, 0.15) is 11.8 Å². The second kappa shape index (κ2) is 2.09. The molecule has 0 saturated carbocycles. The molecule has 0 spiro atoms. The molecule has 0 bridgehead atoms. The highest BCUT2D eigenvalue weighted by Gasteiger charge is 2.07. The first-order chi connectivity index (χ1) is 4.20. The Hall–Kier alpha value is -0.990. The fourth-order valence-corrected chi connectivity index (χ4v) is 0.561. The Balaban J connectivity index is 2.85. The summed E-state index contributed by atoms with van der Waals surface area (Å²) >= 11 is 0. The van der Waals surface area contributed by atoms with Gasteiger partial charge in [-0.1, -0.05) is 13.8 Å². The molecule has 0 unspecified atom stereocenters. The Bertz CT molecular complexity index is 193. The molecule has 3 nitrogen and oxygen atoms in total. The molecule has 50 valence electrons. The van der Waals surface area contributed by atoms with Crippen LogP contribution in [0.25, 0.3) is 0 Å². The van der Waals surface area contributed by atoms with Crippen molar-refractivity contribution < 1.29 is 9.63 Å². The largest absolute Gasteiger partial charge is 0.577 e. The standard InChI is InChI=1S/C6H9NO2/c1-4(2)5-3-6(8)7-9-5/h3-4H,1-2H3,(H,7,8)/p+1. The summed E-state index contributed by atoms with van der Waals surface area (Å²) in [5.74, 6) is 1.32. The van der Waals surface area contributed by atoms with Gasteiger partial charge in [-0.25, -0.2) is 0 Å². The smallest absolute Gasteiger partial charge is 0.393 e. The molecule has 2 N–H and O–H groups in total. The highest BCUT2D eigenvalue weighted by Crippen LogP contribution is 2.17. The van der Waals surface area contributed by atoms with Gasteiger partial charge in [-0.2, -0.15) is 0 Å². The van der Waals surface area contributed by atoms with E-state index in [-0.39, 0.29) is 5.88 Å². The zero-order valence-corrected chi connectivity index (χ0v) is 5.51. The second-order valence-electron chi connectivity index (χ2n) is 2.27. The van der Waals surface area contributed by atoms with Crippen molar-refractivity contribution in [2.45, 2.75) is 19.8 Å². The Morgan fingerprint density at radius 3 is 2.56 bits per heavy atom. The third-order valence-corrected chi connectivity index (χ3v) is 1.10. The molecule has 0 aliphatic carbocycles. The molecule has 1 aromatic heterocycles. The zero-order chi connectivity index (χ0) is 6.85. The first-order valence-electron chi connectivity index (χ1n) is 2.88. The number of nitrogens with zero attached hydrogens (tertiary/aromatic N) is 1. The molecule has 0 aliphatic heterocycles. The van der Waals surface area contributed by atoms with Crippen LogP contribution in [0.4, 0.5) is 0 Å². The summed E-state index contributed by atoms with van der Waals surface area (Å²) in [6.07, 6.45) is 0. The average Bonchev–Trinajstić information content (AvgIpc) is 2.14. The number of rotatable bonds is 1. The molecular weight excluding hydrogens is 118 g/mol. The molecule has 0 amide bonds. The third-order valence-electron chi connectivity index (χ3n) is 1.10. The van der Waals surface area contributed by atoms with Gasteiger partial charge in [0.2, 0.25) is 0 Å². The molecule has 1 rings (SSSR count). The maximum atomic E-state index is 7.00. The number of hydrogen-bond donors (Lipinski definition) is 0. The molecule has 3 heteroatoms. The summed E-state index contributed by atoms with van der Waals surface area (Å²) in [5.41, 5.74) is 0.